The number of aromatic nitrogens is 2. The Morgan fingerprint density at radius 2 is 1.87 bits per heavy atom. The van der Waals surface area contributed by atoms with Gasteiger partial charge in [-0.15, -0.1) is 0 Å². The molecule has 15 heteroatoms. The highest BCUT2D eigenvalue weighted by atomic mass is 35.5. The van der Waals surface area contributed by atoms with Crippen LogP contribution in [0.5, 0.6) is 11.5 Å². The molecule has 0 bridgehead atoms. The first-order valence-corrected chi connectivity index (χ1v) is 22.3. The van der Waals surface area contributed by atoms with E-state index in [1.807, 2.05) is 42.6 Å². The highest BCUT2D eigenvalue weighted by Gasteiger charge is 2.41. The first kappa shape index (κ1) is 41.0. The Hall–Kier alpha value is -5.41. The maximum atomic E-state index is 14.0. The number of nitro groups is 1. The number of aromatic amines is 1. The lowest BCUT2D eigenvalue weighted by Gasteiger charge is -2.47. The third-order valence-corrected chi connectivity index (χ3v) is 13.8. The van der Waals surface area contributed by atoms with Crippen LogP contribution in [0, 0.1) is 20.9 Å². The van der Waals surface area contributed by atoms with Gasteiger partial charge in [-0.05, 0) is 116 Å². The van der Waals surface area contributed by atoms with Gasteiger partial charge in [-0.3, -0.25) is 24.5 Å². The van der Waals surface area contributed by atoms with Crippen molar-refractivity contribution >= 4 is 69.3 Å². The Morgan fingerprint density at radius 1 is 1.07 bits per heavy atom. The van der Waals surface area contributed by atoms with Crippen molar-refractivity contribution in [3.05, 3.63) is 117 Å². The molecule has 1 saturated carbocycles. The van der Waals surface area contributed by atoms with Crippen molar-refractivity contribution in [1.82, 2.24) is 19.6 Å². The van der Waals surface area contributed by atoms with Gasteiger partial charge < -0.3 is 30.1 Å². The number of nitrogens with one attached hydrogen (secondary N) is 4. The Balaban J connectivity index is 0.928. The average molecular weight is 861 g/mol. The van der Waals surface area contributed by atoms with E-state index in [0.29, 0.717) is 46.3 Å². The van der Waals surface area contributed by atoms with E-state index in [0.717, 1.165) is 98.3 Å². The van der Waals surface area contributed by atoms with E-state index in [2.05, 4.69) is 41.9 Å². The molecule has 2 aliphatic heterocycles. The van der Waals surface area contributed by atoms with Gasteiger partial charge in [0.25, 0.3) is 11.6 Å². The molecule has 1 spiro atoms. The molecule has 13 nitrogen and oxygen atoms in total. The second kappa shape index (κ2) is 17.9. The van der Waals surface area contributed by atoms with Gasteiger partial charge in [-0.1, -0.05) is 35.7 Å². The number of carbonyl (C=O) groups is 1. The van der Waals surface area contributed by atoms with Crippen molar-refractivity contribution in [2.75, 3.05) is 56.2 Å². The number of nitrogens with zero attached hydrogens (tertiary/aromatic N) is 4. The molecule has 2 aliphatic carbocycles. The van der Waals surface area contributed by atoms with Crippen LogP contribution >= 0.6 is 23.5 Å². The fraction of sp³-hybridized carbons (Fsp3) is 0.370. The first-order chi connectivity index (χ1) is 29.7. The predicted molar refractivity (Wildman–Crippen MR) is 242 cm³/mol. The van der Waals surface area contributed by atoms with E-state index < -0.39 is 10.8 Å². The second-order valence-corrected chi connectivity index (χ2v) is 17.9. The second-order valence-electron chi connectivity index (χ2n) is 16.6. The Kier molecular flexibility index (Phi) is 12.0. The van der Waals surface area contributed by atoms with Crippen LogP contribution in [-0.4, -0.2) is 83.9 Å². The maximum absolute atomic E-state index is 14.0. The summed E-state index contributed by atoms with van der Waals surface area (Å²) in [5.74, 6) is 0.427. The monoisotopic (exact) mass is 860 g/mol. The van der Waals surface area contributed by atoms with Crippen molar-refractivity contribution in [1.29, 1.82) is 5.41 Å². The van der Waals surface area contributed by atoms with Crippen molar-refractivity contribution in [3.63, 3.8) is 0 Å². The number of allylic oxidation sites excluding steroid dienone is 1. The van der Waals surface area contributed by atoms with Crippen LogP contribution in [0.15, 0.2) is 89.6 Å². The standard InChI is InChI=1S/C46H49ClN8O5S/c47-33-4-2-30(3-5-33)39-26-46(12-1-13-46)14-8-32(39)29-53-16-18-54(19-17-53)35-6-7-38(43(23-35)60-36-22-31-9-15-49-44(31)50-28-36)45(56)52-61-37-24-41(51-34-10-20-59-21-11-34)40(27-48)42(25-37)55(57)58/h2-7,9,15,22-25,27-28,34,48,51H,1,8,10-14,16-21,26,29H2,(H,49,50)(H,52,56). The number of pyridine rings is 1. The van der Waals surface area contributed by atoms with Gasteiger partial charge in [0.15, 0.2) is 0 Å². The summed E-state index contributed by atoms with van der Waals surface area (Å²) in [5.41, 5.74) is 7.26. The van der Waals surface area contributed by atoms with E-state index in [9.17, 15) is 14.9 Å². The maximum Gasteiger partial charge on any atom is 0.281 e. The number of halogens is 1. The number of fused-ring (bicyclic) bond motifs is 1. The number of hydrogen-bond acceptors (Lipinski definition) is 11. The summed E-state index contributed by atoms with van der Waals surface area (Å²) >= 11 is 7.27. The fourth-order valence-electron chi connectivity index (χ4n) is 9.22. The summed E-state index contributed by atoms with van der Waals surface area (Å²) in [7, 11) is 0. The van der Waals surface area contributed by atoms with Crippen LogP contribution < -0.4 is 19.7 Å². The molecule has 4 N–H and O–H groups in total. The fourth-order valence-corrected chi connectivity index (χ4v) is 10.0. The molecule has 0 radical (unpaired) electrons. The third kappa shape index (κ3) is 9.13. The van der Waals surface area contributed by atoms with Gasteiger partial charge in [-0.2, -0.15) is 0 Å². The number of H-pyrrole nitrogens is 1. The van der Waals surface area contributed by atoms with E-state index in [4.69, 9.17) is 26.5 Å². The first-order valence-electron chi connectivity index (χ1n) is 21.1. The minimum atomic E-state index is -0.503. The van der Waals surface area contributed by atoms with E-state index in [-0.39, 0.29) is 17.3 Å². The largest absolute Gasteiger partial charge is 0.455 e. The Morgan fingerprint density at radius 3 is 2.61 bits per heavy atom. The molecule has 2 saturated heterocycles. The zero-order valence-corrected chi connectivity index (χ0v) is 35.5. The Bertz CT molecular complexity index is 2470. The molecule has 4 aliphatic rings. The molecule has 3 aromatic carbocycles. The van der Waals surface area contributed by atoms with Crippen molar-refractivity contribution < 1.29 is 19.2 Å². The highest BCUT2D eigenvalue weighted by molar-refractivity contribution is 7.98. The zero-order chi connectivity index (χ0) is 41.9. The van der Waals surface area contributed by atoms with Crippen LogP contribution in [0.2, 0.25) is 5.02 Å². The van der Waals surface area contributed by atoms with Gasteiger partial charge in [0.2, 0.25) is 0 Å². The van der Waals surface area contributed by atoms with Gasteiger partial charge in [0, 0.05) is 97.5 Å². The van der Waals surface area contributed by atoms with Crippen LogP contribution in [0.1, 0.15) is 72.9 Å². The molecular formula is C46H49ClN8O5S. The number of benzene rings is 3. The summed E-state index contributed by atoms with van der Waals surface area (Å²) < 4.78 is 14.8. The summed E-state index contributed by atoms with van der Waals surface area (Å²) in [6, 6.07) is 21.0. The highest BCUT2D eigenvalue weighted by Crippen LogP contribution is 2.55. The number of nitro benzene ring substituents is 1. The molecular weight excluding hydrogens is 812 g/mol. The number of anilines is 2. The number of rotatable bonds is 13. The predicted octanol–water partition coefficient (Wildman–Crippen LogP) is 9.87. The van der Waals surface area contributed by atoms with Crippen molar-refractivity contribution in [2.45, 2.75) is 62.3 Å². The summed E-state index contributed by atoms with van der Waals surface area (Å²) in [6.45, 7) is 5.58. The molecule has 316 valence electrons. The minimum Gasteiger partial charge on any atom is -0.455 e. The molecule has 2 aromatic heterocycles. The molecule has 0 atom stereocenters. The van der Waals surface area contributed by atoms with Gasteiger partial charge >= 0.3 is 0 Å². The quantitative estimate of drug-likeness (QED) is 0.0388. The number of carbonyl (C=O) groups excluding carboxylic acids is 1. The van der Waals surface area contributed by atoms with E-state index in [1.165, 1.54) is 42.9 Å². The van der Waals surface area contributed by atoms with Gasteiger partial charge in [0.05, 0.1) is 27.9 Å². The lowest BCUT2D eigenvalue weighted by atomic mass is 9.59. The minimum absolute atomic E-state index is 0.0462. The SMILES string of the molecule is N=Cc1c(NC2CCOCC2)cc(SNC(=O)c2ccc(N3CCN(CC4=C(c5ccc(Cl)cc5)CC5(CCC5)CC4)CC3)cc2Oc2cnc3[nH]ccc3c2)cc1[N+](=O)[O-]. The van der Waals surface area contributed by atoms with Gasteiger partial charge in [0.1, 0.15) is 17.1 Å². The number of ether oxygens (including phenoxy) is 2. The number of piperazine rings is 1. The van der Waals surface area contributed by atoms with Crippen LogP contribution in [0.3, 0.4) is 0 Å². The molecule has 5 aromatic rings. The van der Waals surface area contributed by atoms with E-state index in [1.54, 1.807) is 23.9 Å². The zero-order valence-electron chi connectivity index (χ0n) is 33.9. The molecule has 3 fully saturated rings. The third-order valence-electron chi connectivity index (χ3n) is 12.8. The van der Waals surface area contributed by atoms with Crippen LogP contribution in [0.25, 0.3) is 16.6 Å². The molecule has 4 heterocycles. The molecule has 1 amide bonds. The summed E-state index contributed by atoms with van der Waals surface area (Å²) in [4.78, 5) is 38.6. The smallest absolute Gasteiger partial charge is 0.281 e. The summed E-state index contributed by atoms with van der Waals surface area (Å²) in [5, 5.41) is 25.1. The van der Waals surface area contributed by atoms with Gasteiger partial charge in [-0.25, -0.2) is 4.98 Å². The normalized spacial score (nSPS) is 18.2. The van der Waals surface area contributed by atoms with Crippen molar-refractivity contribution in [2.24, 2.45) is 5.41 Å². The lowest BCUT2D eigenvalue weighted by Crippen LogP contribution is -2.47. The summed E-state index contributed by atoms with van der Waals surface area (Å²) in [6.07, 6.45) is 13.5. The number of hydrogen-bond donors (Lipinski definition) is 4. The van der Waals surface area contributed by atoms with Crippen LogP contribution in [0.4, 0.5) is 17.1 Å². The Labute approximate surface area is 364 Å². The van der Waals surface area contributed by atoms with E-state index >= 15 is 0 Å². The molecule has 61 heavy (non-hydrogen) atoms. The molecule has 0 unspecified atom stereocenters. The number of amides is 1. The molecule has 9 rings (SSSR count). The van der Waals surface area contributed by atoms with Crippen molar-refractivity contribution in [3.8, 4) is 11.5 Å². The topological polar surface area (TPSA) is 162 Å². The lowest BCUT2D eigenvalue weighted by molar-refractivity contribution is -0.385. The van der Waals surface area contributed by atoms with Crippen LogP contribution in [-0.2, 0) is 4.74 Å². The average Bonchev–Trinajstić information content (AvgIpc) is 3.74.